The Balaban J connectivity index is 0.00000242. The first kappa shape index (κ1) is 18.9. The molecule has 1 aromatic carbocycles. The summed E-state index contributed by atoms with van der Waals surface area (Å²) in [5, 5.41) is 2.98. The van der Waals surface area contributed by atoms with Crippen LogP contribution in [0.15, 0.2) is 24.3 Å². The van der Waals surface area contributed by atoms with E-state index >= 15 is 0 Å². The highest BCUT2D eigenvalue weighted by molar-refractivity contribution is 5.92. The van der Waals surface area contributed by atoms with Crippen LogP contribution in [0, 0.1) is 5.92 Å². The van der Waals surface area contributed by atoms with Gasteiger partial charge in [-0.15, -0.1) is 12.4 Å². The molecule has 0 saturated carbocycles. The topological polar surface area (TPSA) is 58.4 Å². The van der Waals surface area contributed by atoms with Crippen LogP contribution in [0.25, 0.3) is 0 Å². The highest BCUT2D eigenvalue weighted by Gasteiger charge is 2.19. The van der Waals surface area contributed by atoms with Gasteiger partial charge in [-0.1, -0.05) is 26.0 Å². The molecular weight excluding hydrogens is 298 g/mol. The molecule has 1 heterocycles. The van der Waals surface area contributed by atoms with Crippen LogP contribution in [0.5, 0.6) is 0 Å². The lowest BCUT2D eigenvalue weighted by Gasteiger charge is -2.30. The standard InChI is InChI=1S/C17H27N3O.ClH/c1-13(2)15-3-5-16(6-4-15)19-17(21)12-20-9-7-14(11-18)8-10-20;/h3-6,13-14H,7-12,18H2,1-2H3,(H,19,21);1H. The van der Waals surface area contributed by atoms with Crippen molar-refractivity contribution in [3.63, 3.8) is 0 Å². The summed E-state index contributed by atoms with van der Waals surface area (Å²) in [6.45, 7) is 7.52. The molecule has 1 aromatic rings. The number of likely N-dealkylation sites (tertiary alicyclic amines) is 1. The molecule has 0 aliphatic carbocycles. The summed E-state index contributed by atoms with van der Waals surface area (Å²) in [6.07, 6.45) is 2.21. The summed E-state index contributed by atoms with van der Waals surface area (Å²) in [4.78, 5) is 14.3. The monoisotopic (exact) mass is 325 g/mol. The number of nitrogens with one attached hydrogen (secondary N) is 1. The number of rotatable bonds is 5. The Morgan fingerprint density at radius 2 is 1.86 bits per heavy atom. The summed E-state index contributed by atoms with van der Waals surface area (Å²) in [5.41, 5.74) is 7.85. The minimum Gasteiger partial charge on any atom is -0.330 e. The number of amides is 1. The summed E-state index contributed by atoms with van der Waals surface area (Å²) in [5.74, 6) is 1.21. The van der Waals surface area contributed by atoms with Gasteiger partial charge in [-0.3, -0.25) is 9.69 Å². The van der Waals surface area contributed by atoms with Gasteiger partial charge in [0.2, 0.25) is 5.91 Å². The summed E-state index contributed by atoms with van der Waals surface area (Å²) in [6, 6.07) is 8.11. The predicted octanol–water partition coefficient (Wildman–Crippen LogP) is 2.84. The van der Waals surface area contributed by atoms with Crippen molar-refractivity contribution in [1.82, 2.24) is 4.90 Å². The Morgan fingerprint density at radius 3 is 2.36 bits per heavy atom. The second kappa shape index (κ2) is 9.13. The van der Waals surface area contributed by atoms with Crippen molar-refractivity contribution in [2.45, 2.75) is 32.6 Å². The molecule has 124 valence electrons. The van der Waals surface area contributed by atoms with Crippen molar-refractivity contribution >= 4 is 24.0 Å². The van der Waals surface area contributed by atoms with Gasteiger partial charge in [0.05, 0.1) is 6.54 Å². The average molecular weight is 326 g/mol. The lowest BCUT2D eigenvalue weighted by Crippen LogP contribution is -2.40. The number of hydrogen-bond acceptors (Lipinski definition) is 3. The van der Waals surface area contributed by atoms with E-state index in [0.29, 0.717) is 18.4 Å². The molecule has 1 fully saturated rings. The van der Waals surface area contributed by atoms with E-state index in [1.807, 2.05) is 12.1 Å². The minimum absolute atomic E-state index is 0. The minimum atomic E-state index is 0. The van der Waals surface area contributed by atoms with E-state index in [9.17, 15) is 4.79 Å². The third-order valence-electron chi connectivity index (χ3n) is 4.27. The zero-order valence-corrected chi connectivity index (χ0v) is 14.4. The van der Waals surface area contributed by atoms with Crippen molar-refractivity contribution in [1.29, 1.82) is 0 Å². The first-order chi connectivity index (χ1) is 10.1. The van der Waals surface area contributed by atoms with Crippen LogP contribution in [0.2, 0.25) is 0 Å². The fraction of sp³-hybridized carbons (Fsp3) is 0.588. The molecule has 3 N–H and O–H groups in total. The van der Waals surface area contributed by atoms with E-state index in [1.165, 1.54) is 5.56 Å². The van der Waals surface area contributed by atoms with E-state index in [4.69, 9.17) is 5.73 Å². The highest BCUT2D eigenvalue weighted by atomic mass is 35.5. The molecule has 0 unspecified atom stereocenters. The van der Waals surface area contributed by atoms with Gasteiger partial charge in [-0.2, -0.15) is 0 Å². The molecule has 4 nitrogen and oxygen atoms in total. The fourth-order valence-corrected chi connectivity index (χ4v) is 2.74. The van der Waals surface area contributed by atoms with Gasteiger partial charge in [0.15, 0.2) is 0 Å². The Morgan fingerprint density at radius 1 is 1.27 bits per heavy atom. The van der Waals surface area contributed by atoms with Gasteiger partial charge >= 0.3 is 0 Å². The van der Waals surface area contributed by atoms with Crippen molar-refractivity contribution in [3.05, 3.63) is 29.8 Å². The van der Waals surface area contributed by atoms with Crippen LogP contribution in [0.4, 0.5) is 5.69 Å². The van der Waals surface area contributed by atoms with Gasteiger partial charge < -0.3 is 11.1 Å². The third-order valence-corrected chi connectivity index (χ3v) is 4.27. The molecular formula is C17H28ClN3O. The van der Waals surface area contributed by atoms with Gasteiger partial charge in [0, 0.05) is 5.69 Å². The molecule has 0 aromatic heterocycles. The molecule has 2 rings (SSSR count). The molecule has 0 atom stereocenters. The van der Waals surface area contributed by atoms with Crippen molar-refractivity contribution in [2.75, 3.05) is 31.5 Å². The largest absolute Gasteiger partial charge is 0.330 e. The summed E-state index contributed by atoms with van der Waals surface area (Å²) in [7, 11) is 0. The van der Waals surface area contributed by atoms with Gasteiger partial charge in [0.1, 0.15) is 0 Å². The van der Waals surface area contributed by atoms with Crippen LogP contribution in [-0.2, 0) is 4.79 Å². The Kier molecular flexibility index (Phi) is 7.87. The third kappa shape index (κ3) is 5.59. The number of halogens is 1. The predicted molar refractivity (Wildman–Crippen MR) is 94.6 cm³/mol. The van der Waals surface area contributed by atoms with Gasteiger partial charge in [-0.25, -0.2) is 0 Å². The molecule has 22 heavy (non-hydrogen) atoms. The Bertz CT molecular complexity index is 453. The number of anilines is 1. The lowest BCUT2D eigenvalue weighted by atomic mass is 9.97. The molecule has 1 saturated heterocycles. The van der Waals surface area contributed by atoms with E-state index in [2.05, 4.69) is 36.2 Å². The second-order valence-electron chi connectivity index (χ2n) is 6.28. The second-order valence-corrected chi connectivity index (χ2v) is 6.28. The Hall–Kier alpha value is -1.10. The molecule has 1 amide bonds. The number of carbonyl (C=O) groups excluding carboxylic acids is 1. The van der Waals surface area contributed by atoms with Crippen LogP contribution in [0.3, 0.4) is 0 Å². The smallest absolute Gasteiger partial charge is 0.238 e. The van der Waals surface area contributed by atoms with E-state index in [1.54, 1.807) is 0 Å². The van der Waals surface area contributed by atoms with Crippen LogP contribution in [-0.4, -0.2) is 37.0 Å². The number of nitrogens with two attached hydrogens (primary N) is 1. The zero-order chi connectivity index (χ0) is 15.2. The lowest BCUT2D eigenvalue weighted by molar-refractivity contribution is -0.117. The number of nitrogens with zero attached hydrogens (tertiary/aromatic N) is 1. The first-order valence-electron chi connectivity index (χ1n) is 7.90. The zero-order valence-electron chi connectivity index (χ0n) is 13.5. The summed E-state index contributed by atoms with van der Waals surface area (Å²) < 4.78 is 0. The van der Waals surface area contributed by atoms with Gasteiger partial charge in [-0.05, 0) is 62.0 Å². The molecule has 0 spiro atoms. The quantitative estimate of drug-likeness (QED) is 0.875. The van der Waals surface area contributed by atoms with Crippen LogP contribution >= 0.6 is 12.4 Å². The first-order valence-corrected chi connectivity index (χ1v) is 7.90. The molecule has 0 radical (unpaired) electrons. The number of hydrogen-bond donors (Lipinski definition) is 2. The SMILES string of the molecule is CC(C)c1ccc(NC(=O)CN2CCC(CN)CC2)cc1.Cl. The fourth-order valence-electron chi connectivity index (χ4n) is 2.74. The molecule has 1 aliphatic heterocycles. The van der Waals surface area contributed by atoms with Crippen molar-refractivity contribution < 1.29 is 4.79 Å². The van der Waals surface area contributed by atoms with Crippen LogP contribution < -0.4 is 11.1 Å². The maximum absolute atomic E-state index is 12.1. The normalized spacial score (nSPS) is 16.4. The van der Waals surface area contributed by atoms with Gasteiger partial charge in [0.25, 0.3) is 0 Å². The highest BCUT2D eigenvalue weighted by Crippen LogP contribution is 2.18. The number of piperidine rings is 1. The maximum Gasteiger partial charge on any atom is 0.238 e. The van der Waals surface area contributed by atoms with E-state index in [-0.39, 0.29) is 18.3 Å². The molecule has 1 aliphatic rings. The van der Waals surface area contributed by atoms with Crippen LogP contribution in [0.1, 0.15) is 38.2 Å². The average Bonchev–Trinajstić information content (AvgIpc) is 2.48. The van der Waals surface area contributed by atoms with Crippen molar-refractivity contribution in [2.24, 2.45) is 11.7 Å². The van der Waals surface area contributed by atoms with E-state index < -0.39 is 0 Å². The molecule has 0 bridgehead atoms. The summed E-state index contributed by atoms with van der Waals surface area (Å²) >= 11 is 0. The Labute approximate surface area is 139 Å². The van der Waals surface area contributed by atoms with E-state index in [0.717, 1.165) is 38.2 Å². The number of benzene rings is 1. The maximum atomic E-state index is 12.1. The van der Waals surface area contributed by atoms with Crippen molar-refractivity contribution in [3.8, 4) is 0 Å². The number of carbonyl (C=O) groups is 1. The molecule has 5 heteroatoms.